The van der Waals surface area contributed by atoms with Gasteiger partial charge in [-0.15, -0.1) is 0 Å². The number of aromatic nitrogens is 3. The summed E-state index contributed by atoms with van der Waals surface area (Å²) in [6.07, 6.45) is 3.85. The topological polar surface area (TPSA) is 50.5 Å². The van der Waals surface area contributed by atoms with Crippen molar-refractivity contribution in [3.8, 4) is 0 Å². The molecule has 7 rings (SSSR count). The number of hydrogen-bond acceptors (Lipinski definition) is 5. The van der Waals surface area contributed by atoms with Crippen molar-refractivity contribution in [3.05, 3.63) is 123 Å². The number of hydrogen-bond donors (Lipinski definition) is 0. The molecular weight excluding hydrogens is 531 g/mol. The predicted octanol–water partition coefficient (Wildman–Crippen LogP) is 5.53. The average molecular weight is 550 g/mol. The van der Waals surface area contributed by atoms with Crippen LogP contribution in [0.2, 0.25) is 0 Å². The van der Waals surface area contributed by atoms with Crippen LogP contribution in [0.15, 0.2) is 108 Å². The number of fused-ring (bicyclic) bond motifs is 4. The van der Waals surface area contributed by atoms with E-state index < -0.39 is 0 Å². The molecule has 0 radical (unpaired) electrons. The first-order chi connectivity index (χ1) is 17.7. The molecular formula is C29H18N4OSSe. The van der Waals surface area contributed by atoms with Gasteiger partial charge in [0, 0.05) is 0 Å². The van der Waals surface area contributed by atoms with Gasteiger partial charge < -0.3 is 0 Å². The van der Waals surface area contributed by atoms with Crippen LogP contribution in [0.3, 0.4) is 0 Å². The first-order valence-corrected chi connectivity index (χ1v) is 14.0. The Bertz CT molecular complexity index is 1990. The molecule has 4 heterocycles. The zero-order chi connectivity index (χ0) is 24.1. The zero-order valence-corrected chi connectivity index (χ0v) is 21.4. The van der Waals surface area contributed by atoms with Crippen LogP contribution in [0.5, 0.6) is 0 Å². The summed E-state index contributed by atoms with van der Waals surface area (Å²) in [4.78, 5) is 25.5. The molecule has 3 aromatic carbocycles. The van der Waals surface area contributed by atoms with Crippen LogP contribution < -0.4 is 15.0 Å². The Morgan fingerprint density at radius 3 is 2.58 bits per heavy atom. The van der Waals surface area contributed by atoms with Gasteiger partial charge in [0.15, 0.2) is 0 Å². The van der Waals surface area contributed by atoms with Crippen LogP contribution in [0, 0.1) is 0 Å². The van der Waals surface area contributed by atoms with Gasteiger partial charge in [-0.3, -0.25) is 0 Å². The molecule has 4 aromatic heterocycles. The molecule has 0 atom stereocenters. The van der Waals surface area contributed by atoms with E-state index in [0.717, 1.165) is 31.9 Å². The Balaban J connectivity index is 1.34. The van der Waals surface area contributed by atoms with Gasteiger partial charge in [0.2, 0.25) is 0 Å². The third-order valence-corrected chi connectivity index (χ3v) is 9.22. The van der Waals surface area contributed by atoms with Gasteiger partial charge in [-0.05, 0) is 0 Å². The number of nitrogens with zero attached hydrogens (tertiary/aromatic N) is 4. The summed E-state index contributed by atoms with van der Waals surface area (Å²) in [7, 11) is 0. The number of para-hydroxylation sites is 2. The van der Waals surface area contributed by atoms with Crippen molar-refractivity contribution >= 4 is 74.7 Å². The Kier molecular flexibility index (Phi) is 5.06. The second-order valence-corrected chi connectivity index (χ2v) is 11.7. The van der Waals surface area contributed by atoms with Gasteiger partial charge in [-0.25, -0.2) is 0 Å². The number of thiazole rings is 1. The van der Waals surface area contributed by atoms with E-state index in [1.54, 1.807) is 4.40 Å². The van der Waals surface area contributed by atoms with Crippen molar-refractivity contribution in [1.29, 1.82) is 0 Å². The molecule has 5 nitrogen and oxygen atoms in total. The number of imidazole rings is 1. The van der Waals surface area contributed by atoms with Crippen molar-refractivity contribution < 1.29 is 0 Å². The molecule has 0 fully saturated rings. The number of anilines is 3. The molecule has 0 amide bonds. The third kappa shape index (κ3) is 3.57. The van der Waals surface area contributed by atoms with Crippen molar-refractivity contribution in [2.75, 3.05) is 4.90 Å². The van der Waals surface area contributed by atoms with Crippen molar-refractivity contribution in [2.45, 2.75) is 0 Å². The van der Waals surface area contributed by atoms with Crippen molar-refractivity contribution in [2.24, 2.45) is 0 Å². The normalized spacial score (nSPS) is 12.2. The fourth-order valence-corrected chi connectivity index (χ4v) is 7.66. The van der Waals surface area contributed by atoms with Gasteiger partial charge in [0.25, 0.3) is 0 Å². The molecule has 0 saturated carbocycles. The van der Waals surface area contributed by atoms with E-state index in [9.17, 15) is 4.79 Å². The summed E-state index contributed by atoms with van der Waals surface area (Å²) in [5.41, 5.74) is 2.77. The maximum absolute atomic E-state index is 13.2. The summed E-state index contributed by atoms with van der Waals surface area (Å²) in [6, 6.07) is 32.9. The van der Waals surface area contributed by atoms with Crippen LogP contribution in [-0.4, -0.2) is 28.9 Å². The number of benzene rings is 3. The second kappa shape index (κ2) is 8.57. The van der Waals surface area contributed by atoms with E-state index in [0.29, 0.717) is 4.53 Å². The quantitative estimate of drug-likeness (QED) is 0.271. The molecule has 36 heavy (non-hydrogen) atoms. The van der Waals surface area contributed by atoms with E-state index in [2.05, 4.69) is 69.5 Å². The minimum absolute atomic E-state index is 0.00373. The van der Waals surface area contributed by atoms with Crippen LogP contribution in [-0.2, 0) is 0 Å². The van der Waals surface area contributed by atoms with E-state index >= 15 is 0 Å². The first-order valence-electron chi connectivity index (χ1n) is 11.5. The van der Waals surface area contributed by atoms with Gasteiger partial charge >= 0.3 is 217 Å². The fourth-order valence-electron chi connectivity index (χ4n) is 4.46. The molecule has 172 valence electrons. The Hall–Kier alpha value is -4.03. The molecule has 7 heteroatoms. The van der Waals surface area contributed by atoms with Gasteiger partial charge in [-0.1, -0.05) is 0 Å². The van der Waals surface area contributed by atoms with Gasteiger partial charge in [-0.2, -0.15) is 0 Å². The predicted molar refractivity (Wildman–Crippen MR) is 149 cm³/mol. The minimum atomic E-state index is -0.00930. The Morgan fingerprint density at radius 2 is 1.69 bits per heavy atom. The third-order valence-electron chi connectivity index (χ3n) is 6.12. The molecule has 0 saturated heterocycles. The Morgan fingerprint density at radius 1 is 0.861 bits per heavy atom. The summed E-state index contributed by atoms with van der Waals surface area (Å²) >= 11 is 1.45. The summed E-state index contributed by atoms with van der Waals surface area (Å²) < 4.78 is 4.74. The van der Waals surface area contributed by atoms with E-state index in [1.807, 2.05) is 54.7 Å². The van der Waals surface area contributed by atoms with E-state index in [1.165, 1.54) is 26.7 Å². The van der Waals surface area contributed by atoms with E-state index in [4.69, 9.17) is 0 Å². The first kappa shape index (κ1) is 21.3. The van der Waals surface area contributed by atoms with Crippen LogP contribution in [0.25, 0.3) is 32.8 Å². The molecule has 0 aliphatic carbocycles. The number of rotatable bonds is 4. The molecule has 0 spiro atoms. The van der Waals surface area contributed by atoms with Gasteiger partial charge in [0.05, 0.1) is 0 Å². The zero-order valence-electron chi connectivity index (χ0n) is 18.9. The van der Waals surface area contributed by atoms with Crippen LogP contribution >= 0.6 is 11.3 Å². The standard InChI is InChI=1S/C29H18N4OSSe/c34-28-25(35-29-31-23-9-3-4-10-24(23)33(28)29)18-22-14-15-27(36-22)32(26-11-5-6-16-30-26)21-13-12-19-7-1-2-8-20(19)17-21/h1-18H/b25-18+. The maximum atomic E-state index is 13.2. The van der Waals surface area contributed by atoms with E-state index in [-0.39, 0.29) is 20.1 Å². The Labute approximate surface area is 216 Å². The summed E-state index contributed by atoms with van der Waals surface area (Å²) in [6.45, 7) is 0. The average Bonchev–Trinajstić information content (AvgIpc) is 3.60. The number of pyridine rings is 1. The fraction of sp³-hybridized carbons (Fsp3) is 0. The molecule has 0 aliphatic rings. The van der Waals surface area contributed by atoms with Crippen LogP contribution in [0.4, 0.5) is 16.1 Å². The molecule has 0 N–H and O–H groups in total. The second-order valence-electron chi connectivity index (χ2n) is 8.37. The molecule has 0 bridgehead atoms. The van der Waals surface area contributed by atoms with Crippen LogP contribution in [0.1, 0.15) is 4.44 Å². The monoisotopic (exact) mass is 550 g/mol. The van der Waals surface area contributed by atoms with Gasteiger partial charge in [0.1, 0.15) is 0 Å². The molecule has 0 aliphatic heterocycles. The van der Waals surface area contributed by atoms with Crippen molar-refractivity contribution in [1.82, 2.24) is 14.4 Å². The molecule has 0 unspecified atom stereocenters. The summed E-state index contributed by atoms with van der Waals surface area (Å²) in [5, 5.41) is 2.39. The summed E-state index contributed by atoms with van der Waals surface area (Å²) in [5.74, 6) is 0.876. The van der Waals surface area contributed by atoms with Crippen molar-refractivity contribution in [3.63, 3.8) is 0 Å². The molecule has 7 aromatic rings. The SMILES string of the molecule is O=c1/c(=C\c2ccc(N(c3ccc4ccccc4c3)c3ccccn3)[se]2)sc2nc3ccccc3n12.